The van der Waals surface area contributed by atoms with Gasteiger partial charge in [0.05, 0.1) is 5.70 Å². The lowest BCUT2D eigenvalue weighted by Gasteiger charge is -2.04. The van der Waals surface area contributed by atoms with E-state index in [0.29, 0.717) is 0 Å². The highest BCUT2D eigenvalue weighted by atomic mass is 79.9. The van der Waals surface area contributed by atoms with Crippen LogP contribution in [-0.2, 0) is 6.42 Å². The number of aliphatic imine (C=N–C) groups is 1. The van der Waals surface area contributed by atoms with E-state index in [1.54, 1.807) is 0 Å². The van der Waals surface area contributed by atoms with Gasteiger partial charge in [0, 0.05) is 34.6 Å². The average Bonchev–Trinajstić information content (AvgIpc) is 2.63. The molecule has 1 N–H and O–H groups in total. The molecule has 0 unspecified atom stereocenters. The molecule has 94 valence electrons. The van der Waals surface area contributed by atoms with Crippen molar-refractivity contribution in [2.75, 3.05) is 5.32 Å². The van der Waals surface area contributed by atoms with E-state index >= 15 is 0 Å². The van der Waals surface area contributed by atoms with Gasteiger partial charge < -0.3 is 5.32 Å². The summed E-state index contributed by atoms with van der Waals surface area (Å²) in [4.78, 5) is 4.55. The van der Waals surface area contributed by atoms with E-state index < -0.39 is 0 Å². The molecule has 2 nitrogen and oxygen atoms in total. The largest absolute Gasteiger partial charge is 0.359 e. The maximum Gasteiger partial charge on any atom is 0.0607 e. The van der Waals surface area contributed by atoms with Crippen molar-refractivity contribution in [3.63, 3.8) is 0 Å². The quantitative estimate of drug-likeness (QED) is 0.874. The molecule has 0 aromatic heterocycles. The summed E-state index contributed by atoms with van der Waals surface area (Å²) in [6.45, 7) is 0. The lowest BCUT2D eigenvalue weighted by molar-refractivity contribution is 1.11. The number of anilines is 1. The topological polar surface area (TPSA) is 24.4 Å². The minimum absolute atomic E-state index is 0.833. The molecule has 0 fully saturated rings. The maximum absolute atomic E-state index is 4.55. The van der Waals surface area contributed by atoms with E-state index in [2.05, 4.69) is 56.6 Å². The monoisotopic (exact) mass is 312 g/mol. The van der Waals surface area contributed by atoms with Crippen LogP contribution in [-0.4, -0.2) is 6.21 Å². The van der Waals surface area contributed by atoms with Crippen LogP contribution in [0.25, 0.3) is 0 Å². The molecule has 0 radical (unpaired) electrons. The molecule has 3 heteroatoms. The third-order valence-corrected chi connectivity index (χ3v) is 3.50. The molecule has 2 aromatic rings. The van der Waals surface area contributed by atoms with E-state index in [-0.39, 0.29) is 0 Å². The summed E-state index contributed by atoms with van der Waals surface area (Å²) in [5.74, 6) is 0. The fraction of sp³-hybridized carbons (Fsp3) is 0.0625. The molecule has 1 aliphatic heterocycles. The van der Waals surface area contributed by atoms with Gasteiger partial charge in [0.25, 0.3) is 0 Å². The van der Waals surface area contributed by atoms with Gasteiger partial charge in [0.15, 0.2) is 0 Å². The van der Waals surface area contributed by atoms with Crippen LogP contribution in [0.5, 0.6) is 0 Å². The van der Waals surface area contributed by atoms with Gasteiger partial charge in [-0.25, -0.2) is 0 Å². The fourth-order valence-corrected chi connectivity index (χ4v) is 2.40. The van der Waals surface area contributed by atoms with Crippen molar-refractivity contribution in [3.8, 4) is 0 Å². The number of benzene rings is 2. The number of halogens is 1. The van der Waals surface area contributed by atoms with Gasteiger partial charge in [0.1, 0.15) is 0 Å². The normalized spacial score (nSPS) is 13.2. The maximum atomic E-state index is 4.55. The van der Waals surface area contributed by atoms with Crippen LogP contribution in [0.4, 0.5) is 5.69 Å². The molecule has 0 saturated carbocycles. The first-order valence-electron chi connectivity index (χ1n) is 6.14. The SMILES string of the molecule is Brc1ccc2c(c1)C=NC(Cc1ccccc1)=CN2. The number of hydrogen-bond donors (Lipinski definition) is 1. The Bertz CT molecular complexity index is 645. The summed E-state index contributed by atoms with van der Waals surface area (Å²) in [5, 5.41) is 3.31. The van der Waals surface area contributed by atoms with Crippen molar-refractivity contribution in [2.24, 2.45) is 4.99 Å². The van der Waals surface area contributed by atoms with Crippen molar-refractivity contribution in [1.29, 1.82) is 0 Å². The molecule has 19 heavy (non-hydrogen) atoms. The summed E-state index contributed by atoms with van der Waals surface area (Å²) >= 11 is 3.48. The lowest BCUT2D eigenvalue weighted by Crippen LogP contribution is -1.93. The van der Waals surface area contributed by atoms with Crippen molar-refractivity contribution < 1.29 is 0 Å². The predicted molar refractivity (Wildman–Crippen MR) is 83.6 cm³/mol. The van der Waals surface area contributed by atoms with E-state index in [9.17, 15) is 0 Å². The first-order chi connectivity index (χ1) is 9.31. The molecule has 2 aromatic carbocycles. The van der Waals surface area contributed by atoms with Crippen LogP contribution in [0.2, 0.25) is 0 Å². The van der Waals surface area contributed by atoms with Crippen molar-refractivity contribution in [3.05, 3.63) is 76.0 Å². The van der Waals surface area contributed by atoms with Gasteiger partial charge in [0.2, 0.25) is 0 Å². The van der Waals surface area contributed by atoms with Crippen molar-refractivity contribution >= 4 is 27.8 Å². The van der Waals surface area contributed by atoms with E-state index in [1.165, 1.54) is 5.56 Å². The summed E-state index contributed by atoms with van der Waals surface area (Å²) in [6, 6.07) is 16.5. The number of nitrogens with zero attached hydrogens (tertiary/aromatic N) is 1. The molecule has 0 atom stereocenters. The zero-order chi connectivity index (χ0) is 13.1. The lowest BCUT2D eigenvalue weighted by atomic mass is 10.1. The highest BCUT2D eigenvalue weighted by Crippen LogP contribution is 2.22. The van der Waals surface area contributed by atoms with Crippen LogP contribution in [0.15, 0.2) is 69.9 Å². The summed E-state index contributed by atoms with van der Waals surface area (Å²) < 4.78 is 1.06. The Morgan fingerprint density at radius 2 is 1.89 bits per heavy atom. The number of fused-ring (bicyclic) bond motifs is 1. The molecule has 0 bridgehead atoms. The Kier molecular flexibility index (Phi) is 3.47. The van der Waals surface area contributed by atoms with Crippen molar-refractivity contribution in [2.45, 2.75) is 6.42 Å². The smallest absolute Gasteiger partial charge is 0.0607 e. The third kappa shape index (κ3) is 2.93. The highest BCUT2D eigenvalue weighted by Gasteiger charge is 2.05. The Morgan fingerprint density at radius 1 is 1.05 bits per heavy atom. The average molecular weight is 313 g/mol. The number of rotatable bonds is 2. The second-order valence-corrected chi connectivity index (χ2v) is 5.35. The highest BCUT2D eigenvalue weighted by molar-refractivity contribution is 9.10. The molecular weight excluding hydrogens is 300 g/mol. The van der Waals surface area contributed by atoms with Gasteiger partial charge in [-0.2, -0.15) is 0 Å². The third-order valence-electron chi connectivity index (χ3n) is 3.01. The Morgan fingerprint density at radius 3 is 2.74 bits per heavy atom. The van der Waals surface area contributed by atoms with E-state index in [4.69, 9.17) is 0 Å². The Hall–Kier alpha value is -1.87. The van der Waals surface area contributed by atoms with E-state index in [0.717, 1.165) is 27.8 Å². The molecule has 0 aliphatic carbocycles. The first kappa shape index (κ1) is 12.2. The zero-order valence-electron chi connectivity index (χ0n) is 10.3. The van der Waals surface area contributed by atoms with Crippen molar-refractivity contribution in [1.82, 2.24) is 0 Å². The van der Waals surface area contributed by atoms with Gasteiger partial charge in [-0.1, -0.05) is 46.3 Å². The fourth-order valence-electron chi connectivity index (χ4n) is 2.02. The second-order valence-electron chi connectivity index (χ2n) is 4.43. The summed E-state index contributed by atoms with van der Waals surface area (Å²) in [5.41, 5.74) is 4.46. The number of allylic oxidation sites excluding steroid dienone is 1. The number of nitrogens with one attached hydrogen (secondary N) is 1. The molecule has 1 aliphatic rings. The molecule has 0 spiro atoms. The van der Waals surface area contributed by atoms with Crippen LogP contribution < -0.4 is 5.32 Å². The second kappa shape index (κ2) is 5.41. The van der Waals surface area contributed by atoms with Gasteiger partial charge in [-0.15, -0.1) is 0 Å². The number of hydrogen-bond acceptors (Lipinski definition) is 2. The summed E-state index contributed by atoms with van der Waals surface area (Å²) in [7, 11) is 0. The van der Waals surface area contributed by atoms with Gasteiger partial charge in [-0.3, -0.25) is 4.99 Å². The van der Waals surface area contributed by atoms with E-state index in [1.807, 2.05) is 30.6 Å². The zero-order valence-corrected chi connectivity index (χ0v) is 11.9. The van der Waals surface area contributed by atoms with Crippen LogP contribution in [0.3, 0.4) is 0 Å². The van der Waals surface area contributed by atoms with Crippen LogP contribution in [0.1, 0.15) is 11.1 Å². The minimum Gasteiger partial charge on any atom is -0.359 e. The Balaban J connectivity index is 1.84. The Labute approximate surface area is 121 Å². The molecule has 3 rings (SSSR count). The molecule has 0 amide bonds. The van der Waals surface area contributed by atoms with Crippen LogP contribution in [0, 0.1) is 0 Å². The molecule has 1 heterocycles. The predicted octanol–water partition coefficient (Wildman–Crippen LogP) is 4.38. The minimum atomic E-state index is 0.833. The first-order valence-corrected chi connectivity index (χ1v) is 6.94. The summed E-state index contributed by atoms with van der Waals surface area (Å²) in [6.07, 6.45) is 4.72. The van der Waals surface area contributed by atoms with Gasteiger partial charge in [-0.05, 0) is 23.8 Å². The molecular formula is C16H13BrN2. The molecule has 0 saturated heterocycles. The standard InChI is InChI=1S/C16H13BrN2/c17-14-6-7-16-13(9-14)10-18-15(11-19-16)8-12-4-2-1-3-5-12/h1-7,9-11,19H,8H2. The van der Waals surface area contributed by atoms with Crippen LogP contribution >= 0.6 is 15.9 Å². The van der Waals surface area contributed by atoms with Gasteiger partial charge >= 0.3 is 0 Å².